The molecule has 1 aliphatic heterocycles. The molecule has 114 valence electrons. The standard InChI is InChI=1S/C18H24ClNO/c19-17(11-13-5-3-1-2-4-6-13)15-8-7-14-9-10-20-18(21)16(14)12-15/h7-8,12-13,17H,1-6,9-11H2,(H,20,21). The molecule has 0 aromatic heterocycles. The van der Waals surface area contributed by atoms with E-state index in [0.717, 1.165) is 42.0 Å². The molecule has 0 bridgehead atoms. The van der Waals surface area contributed by atoms with E-state index in [-0.39, 0.29) is 11.3 Å². The summed E-state index contributed by atoms with van der Waals surface area (Å²) >= 11 is 6.65. The molecule has 1 heterocycles. The summed E-state index contributed by atoms with van der Waals surface area (Å²) in [5, 5.41) is 2.95. The Labute approximate surface area is 132 Å². The van der Waals surface area contributed by atoms with E-state index in [1.54, 1.807) is 0 Å². The molecule has 1 aromatic carbocycles. The number of carbonyl (C=O) groups is 1. The lowest BCUT2D eigenvalue weighted by Gasteiger charge is -2.21. The number of carbonyl (C=O) groups excluding carboxylic acids is 1. The minimum atomic E-state index is 0.0353. The predicted octanol–water partition coefficient (Wildman–Crippen LogP) is 4.61. The van der Waals surface area contributed by atoms with Gasteiger partial charge in [0.1, 0.15) is 0 Å². The second kappa shape index (κ2) is 6.83. The number of rotatable bonds is 3. The molecule has 2 nitrogen and oxygen atoms in total. The van der Waals surface area contributed by atoms with Crippen molar-refractivity contribution in [1.29, 1.82) is 0 Å². The first-order valence-electron chi connectivity index (χ1n) is 8.29. The highest BCUT2D eigenvalue weighted by atomic mass is 35.5. The third kappa shape index (κ3) is 3.60. The molecule has 1 amide bonds. The highest BCUT2D eigenvalue weighted by Gasteiger charge is 2.21. The van der Waals surface area contributed by atoms with Crippen LogP contribution in [0.1, 0.15) is 71.8 Å². The van der Waals surface area contributed by atoms with Crippen molar-refractivity contribution in [2.75, 3.05) is 6.54 Å². The van der Waals surface area contributed by atoms with Crippen LogP contribution in [0.5, 0.6) is 0 Å². The third-order valence-corrected chi connectivity index (χ3v) is 5.37. The molecular weight excluding hydrogens is 282 g/mol. The Morgan fingerprint density at radius 1 is 1.19 bits per heavy atom. The van der Waals surface area contributed by atoms with Crippen LogP contribution >= 0.6 is 11.6 Å². The molecule has 1 aromatic rings. The minimum Gasteiger partial charge on any atom is -0.352 e. The van der Waals surface area contributed by atoms with Crippen LogP contribution in [0, 0.1) is 5.92 Å². The zero-order valence-electron chi connectivity index (χ0n) is 12.5. The SMILES string of the molecule is O=C1NCCc2ccc(C(Cl)CC3CCCCCC3)cc21. The third-order valence-electron chi connectivity index (χ3n) is 4.94. The quantitative estimate of drug-likeness (QED) is 0.641. The second-order valence-electron chi connectivity index (χ2n) is 6.48. The maximum atomic E-state index is 11.9. The summed E-state index contributed by atoms with van der Waals surface area (Å²) < 4.78 is 0. The first-order chi connectivity index (χ1) is 10.2. The highest BCUT2D eigenvalue weighted by molar-refractivity contribution is 6.20. The number of alkyl halides is 1. The van der Waals surface area contributed by atoms with Gasteiger partial charge in [0.25, 0.3) is 5.91 Å². The number of benzene rings is 1. The van der Waals surface area contributed by atoms with Gasteiger partial charge < -0.3 is 5.32 Å². The Hall–Kier alpha value is -1.02. The van der Waals surface area contributed by atoms with Gasteiger partial charge in [-0.05, 0) is 36.0 Å². The van der Waals surface area contributed by atoms with Crippen LogP contribution in [0.25, 0.3) is 0 Å². The summed E-state index contributed by atoms with van der Waals surface area (Å²) in [6.07, 6.45) is 10.1. The summed E-state index contributed by atoms with van der Waals surface area (Å²) in [7, 11) is 0. The Morgan fingerprint density at radius 3 is 2.71 bits per heavy atom. The molecule has 3 rings (SSSR count). The van der Waals surface area contributed by atoms with E-state index >= 15 is 0 Å². The lowest BCUT2D eigenvalue weighted by Crippen LogP contribution is -2.31. The van der Waals surface area contributed by atoms with Gasteiger partial charge in [-0.2, -0.15) is 0 Å². The number of nitrogens with one attached hydrogen (secondary N) is 1. The van der Waals surface area contributed by atoms with Crippen molar-refractivity contribution < 1.29 is 4.79 Å². The molecule has 1 fully saturated rings. The first kappa shape index (κ1) is 14.9. The number of amides is 1. The highest BCUT2D eigenvalue weighted by Crippen LogP contribution is 2.35. The number of fused-ring (bicyclic) bond motifs is 1. The molecule has 1 N–H and O–H groups in total. The Morgan fingerprint density at radius 2 is 1.95 bits per heavy atom. The molecule has 0 spiro atoms. The summed E-state index contributed by atoms with van der Waals surface area (Å²) in [4.78, 5) is 11.9. The number of halogens is 1. The van der Waals surface area contributed by atoms with Gasteiger partial charge in [-0.1, -0.05) is 50.7 Å². The van der Waals surface area contributed by atoms with Crippen LogP contribution in [0.15, 0.2) is 18.2 Å². The van der Waals surface area contributed by atoms with E-state index in [0.29, 0.717) is 0 Å². The van der Waals surface area contributed by atoms with Gasteiger partial charge in [0.15, 0.2) is 0 Å². The first-order valence-corrected chi connectivity index (χ1v) is 8.73. The van der Waals surface area contributed by atoms with Crippen LogP contribution in [-0.4, -0.2) is 12.5 Å². The normalized spacial score (nSPS) is 21.3. The average Bonchev–Trinajstić information content (AvgIpc) is 2.76. The van der Waals surface area contributed by atoms with Crippen molar-refractivity contribution >= 4 is 17.5 Å². The second-order valence-corrected chi connectivity index (χ2v) is 7.01. The van der Waals surface area contributed by atoms with Gasteiger partial charge in [-0.3, -0.25) is 4.79 Å². The molecule has 1 atom stereocenters. The maximum Gasteiger partial charge on any atom is 0.251 e. The Bertz CT molecular complexity index is 506. The van der Waals surface area contributed by atoms with Crippen molar-refractivity contribution in [3.8, 4) is 0 Å². The van der Waals surface area contributed by atoms with E-state index in [4.69, 9.17) is 11.6 Å². The summed E-state index contributed by atoms with van der Waals surface area (Å²) in [6, 6.07) is 6.22. The van der Waals surface area contributed by atoms with E-state index in [1.165, 1.54) is 38.5 Å². The molecule has 1 unspecified atom stereocenters. The van der Waals surface area contributed by atoms with E-state index < -0.39 is 0 Å². The fourth-order valence-corrected chi connectivity index (χ4v) is 4.04. The molecule has 3 heteroatoms. The van der Waals surface area contributed by atoms with Crippen LogP contribution in [0.4, 0.5) is 0 Å². The van der Waals surface area contributed by atoms with Gasteiger partial charge in [0, 0.05) is 12.1 Å². The average molecular weight is 306 g/mol. The van der Waals surface area contributed by atoms with Crippen LogP contribution in [-0.2, 0) is 6.42 Å². The smallest absolute Gasteiger partial charge is 0.251 e. The van der Waals surface area contributed by atoms with E-state index in [2.05, 4.69) is 17.4 Å². The van der Waals surface area contributed by atoms with Crippen molar-refractivity contribution in [2.24, 2.45) is 5.92 Å². The van der Waals surface area contributed by atoms with Gasteiger partial charge in [0.2, 0.25) is 0 Å². The molecule has 1 aliphatic carbocycles. The van der Waals surface area contributed by atoms with Crippen LogP contribution < -0.4 is 5.32 Å². The zero-order valence-corrected chi connectivity index (χ0v) is 13.3. The lowest BCUT2D eigenvalue weighted by molar-refractivity contribution is 0.0946. The Balaban J connectivity index is 1.70. The molecule has 21 heavy (non-hydrogen) atoms. The predicted molar refractivity (Wildman–Crippen MR) is 86.9 cm³/mol. The zero-order chi connectivity index (χ0) is 14.7. The van der Waals surface area contributed by atoms with Crippen LogP contribution in [0.3, 0.4) is 0 Å². The monoisotopic (exact) mass is 305 g/mol. The lowest BCUT2D eigenvalue weighted by atomic mass is 9.90. The van der Waals surface area contributed by atoms with Crippen molar-refractivity contribution in [3.05, 3.63) is 34.9 Å². The molecule has 1 saturated carbocycles. The molecular formula is C18H24ClNO. The van der Waals surface area contributed by atoms with E-state index in [9.17, 15) is 4.79 Å². The van der Waals surface area contributed by atoms with Crippen molar-refractivity contribution in [1.82, 2.24) is 5.32 Å². The number of hydrogen-bond acceptors (Lipinski definition) is 1. The summed E-state index contributed by atoms with van der Waals surface area (Å²) in [6.45, 7) is 0.748. The fourth-order valence-electron chi connectivity index (χ4n) is 3.65. The molecule has 2 aliphatic rings. The van der Waals surface area contributed by atoms with E-state index in [1.807, 2.05) is 6.07 Å². The topological polar surface area (TPSA) is 29.1 Å². The maximum absolute atomic E-state index is 11.9. The van der Waals surface area contributed by atoms with Gasteiger partial charge in [-0.25, -0.2) is 0 Å². The summed E-state index contributed by atoms with van der Waals surface area (Å²) in [5.41, 5.74) is 3.09. The fraction of sp³-hybridized carbons (Fsp3) is 0.611. The molecule has 0 radical (unpaired) electrons. The van der Waals surface area contributed by atoms with Crippen molar-refractivity contribution in [3.63, 3.8) is 0 Å². The van der Waals surface area contributed by atoms with Crippen LogP contribution in [0.2, 0.25) is 0 Å². The summed E-state index contributed by atoms with van der Waals surface area (Å²) in [5.74, 6) is 0.802. The largest absolute Gasteiger partial charge is 0.352 e. The van der Waals surface area contributed by atoms with Gasteiger partial charge >= 0.3 is 0 Å². The van der Waals surface area contributed by atoms with Gasteiger partial charge in [0.05, 0.1) is 5.38 Å². The Kier molecular flexibility index (Phi) is 4.84. The van der Waals surface area contributed by atoms with Gasteiger partial charge in [-0.15, -0.1) is 11.6 Å². The molecule has 0 saturated heterocycles. The number of hydrogen-bond donors (Lipinski definition) is 1. The van der Waals surface area contributed by atoms with Crippen molar-refractivity contribution in [2.45, 2.75) is 56.7 Å². The minimum absolute atomic E-state index is 0.0353.